The highest BCUT2D eigenvalue weighted by molar-refractivity contribution is 6.12. The molecule has 10 rings (SSSR count). The molecule has 0 N–H and O–H groups in total. The van der Waals surface area contributed by atoms with E-state index >= 15 is 26.3 Å². The van der Waals surface area contributed by atoms with Crippen LogP contribution in [0.15, 0.2) is 152 Å². The Balaban J connectivity index is 1.38. The van der Waals surface area contributed by atoms with Crippen LogP contribution in [0.25, 0.3) is 88.4 Å². The van der Waals surface area contributed by atoms with Crippen molar-refractivity contribution in [3.63, 3.8) is 0 Å². The first-order valence-corrected chi connectivity index (χ1v) is 20.6. The van der Waals surface area contributed by atoms with Crippen molar-refractivity contribution in [1.29, 1.82) is 26.3 Å². The zero-order valence-electron chi connectivity index (χ0n) is 34.8. The number of hydrogen-bond acceptors (Lipinski definition) is 5. The molecular weight excluding hydrogens is 873 g/mol. The van der Waals surface area contributed by atoms with Crippen molar-refractivity contribution in [2.75, 3.05) is 0 Å². The highest BCUT2D eigenvalue weighted by atomic mass is 19.4. The van der Waals surface area contributed by atoms with Gasteiger partial charge in [-0.1, -0.05) is 78.9 Å². The standard InChI is InChI=1S/C55H25F6N7/c56-54(57,58)45-8-5-9-46(55(59,60)61)53(45)35-24-51(67-47-10-3-1-6-40(47)42-18-14-33(22-49(42)67)38-16-12-31(26-62)20-36(38)28-64)44(30-66)52(25-35)68-48-11-4-2-7-41(48)43-19-15-34(23-50(43)68)39-17-13-32(27-63)21-37(39)29-65/h1-25H. The van der Waals surface area contributed by atoms with Crippen LogP contribution in [0.3, 0.4) is 0 Å². The normalized spacial score (nSPS) is 11.6. The van der Waals surface area contributed by atoms with Crippen LogP contribution >= 0.6 is 0 Å². The Kier molecular flexibility index (Phi) is 9.85. The van der Waals surface area contributed by atoms with Crippen LogP contribution in [-0.4, -0.2) is 9.13 Å². The predicted molar refractivity (Wildman–Crippen MR) is 245 cm³/mol. The number of nitrogens with zero attached hydrogens (tertiary/aromatic N) is 7. The number of fused-ring (bicyclic) bond motifs is 6. The number of nitriles is 5. The minimum absolute atomic E-state index is 0.0465. The lowest BCUT2D eigenvalue weighted by Crippen LogP contribution is -2.15. The average molecular weight is 898 g/mol. The molecule has 2 heterocycles. The van der Waals surface area contributed by atoms with Crippen LogP contribution in [0, 0.1) is 56.7 Å². The second kappa shape index (κ2) is 15.8. The fourth-order valence-corrected chi connectivity index (χ4v) is 9.27. The molecule has 2 aromatic heterocycles. The smallest absolute Gasteiger partial charge is 0.308 e. The van der Waals surface area contributed by atoms with Crippen LogP contribution in [0.4, 0.5) is 26.3 Å². The van der Waals surface area contributed by atoms with Gasteiger partial charge in [-0.2, -0.15) is 52.7 Å². The van der Waals surface area contributed by atoms with Crippen molar-refractivity contribution >= 4 is 43.6 Å². The number of alkyl halides is 6. The second-order valence-electron chi connectivity index (χ2n) is 15.9. The van der Waals surface area contributed by atoms with Crippen LogP contribution in [-0.2, 0) is 12.4 Å². The van der Waals surface area contributed by atoms with Crippen molar-refractivity contribution in [3.05, 3.63) is 191 Å². The summed E-state index contributed by atoms with van der Waals surface area (Å²) >= 11 is 0. The zero-order valence-corrected chi connectivity index (χ0v) is 34.8. The molecule has 322 valence electrons. The van der Waals surface area contributed by atoms with E-state index in [1.807, 2.05) is 12.1 Å². The molecule has 0 unspecified atom stereocenters. The van der Waals surface area contributed by atoms with Crippen molar-refractivity contribution in [2.24, 2.45) is 0 Å². The predicted octanol–water partition coefficient (Wildman–Crippen LogP) is 14.3. The van der Waals surface area contributed by atoms with Crippen molar-refractivity contribution in [1.82, 2.24) is 9.13 Å². The van der Waals surface area contributed by atoms with Crippen molar-refractivity contribution < 1.29 is 26.3 Å². The van der Waals surface area contributed by atoms with Gasteiger partial charge in [-0.15, -0.1) is 0 Å². The van der Waals surface area contributed by atoms with Gasteiger partial charge >= 0.3 is 12.4 Å². The number of aromatic nitrogens is 2. The first-order chi connectivity index (χ1) is 32.8. The molecule has 0 aliphatic heterocycles. The molecule has 0 atom stereocenters. The SMILES string of the molecule is N#Cc1ccc(-c2ccc3c4ccccc4n(-c4cc(-c5c(C(F)(F)F)cccc5C(F)(F)F)cc(-n5c6ccccc6c6ccc(-c7ccc(C#N)cc7C#N)cc65)c4C#N)c3c2)c(C#N)c1. The maximum Gasteiger partial charge on any atom is 0.417 e. The van der Waals surface area contributed by atoms with Crippen LogP contribution in [0.2, 0.25) is 0 Å². The Morgan fingerprint density at radius 3 is 1.19 bits per heavy atom. The van der Waals surface area contributed by atoms with Crippen molar-refractivity contribution in [3.8, 4) is 75.1 Å². The highest BCUT2D eigenvalue weighted by Crippen LogP contribution is 2.48. The molecule has 0 radical (unpaired) electrons. The summed E-state index contributed by atoms with van der Waals surface area (Å²) in [6.07, 6.45) is -10.5. The lowest BCUT2D eigenvalue weighted by Gasteiger charge is -2.22. The largest absolute Gasteiger partial charge is 0.417 e. The number of hydrogen-bond donors (Lipinski definition) is 0. The monoisotopic (exact) mass is 897 g/mol. The summed E-state index contributed by atoms with van der Waals surface area (Å²) < 4.78 is 94.2. The summed E-state index contributed by atoms with van der Waals surface area (Å²) in [6, 6.07) is 48.7. The molecule has 8 aromatic carbocycles. The van der Waals surface area contributed by atoms with E-state index in [0.29, 0.717) is 84.1 Å². The Morgan fingerprint density at radius 1 is 0.368 bits per heavy atom. The molecule has 0 aliphatic rings. The quantitative estimate of drug-likeness (QED) is 0.159. The van der Waals surface area contributed by atoms with E-state index in [0.717, 1.165) is 0 Å². The minimum atomic E-state index is -5.26. The molecule has 0 saturated heterocycles. The fourth-order valence-electron chi connectivity index (χ4n) is 9.27. The van der Waals surface area contributed by atoms with Crippen LogP contribution in [0.1, 0.15) is 38.9 Å². The molecule has 0 amide bonds. The first-order valence-electron chi connectivity index (χ1n) is 20.6. The van der Waals surface area contributed by atoms with Gasteiger partial charge in [0, 0.05) is 27.1 Å². The third kappa shape index (κ3) is 6.73. The molecule has 10 aromatic rings. The Labute approximate surface area is 382 Å². The van der Waals surface area contributed by atoms with Crippen LogP contribution < -0.4 is 0 Å². The van der Waals surface area contributed by atoms with Gasteiger partial charge in [0.05, 0.1) is 91.1 Å². The van der Waals surface area contributed by atoms with E-state index in [9.17, 15) is 26.3 Å². The third-order valence-electron chi connectivity index (χ3n) is 12.2. The lowest BCUT2D eigenvalue weighted by molar-refractivity contribution is -0.142. The van der Waals surface area contributed by atoms with Gasteiger partial charge in [0.25, 0.3) is 0 Å². The zero-order chi connectivity index (χ0) is 47.6. The first kappa shape index (κ1) is 42.3. The van der Waals surface area contributed by atoms with Gasteiger partial charge in [-0.25, -0.2) is 0 Å². The molecule has 0 fully saturated rings. The number of halogens is 6. The van der Waals surface area contributed by atoms with E-state index in [4.69, 9.17) is 0 Å². The van der Waals surface area contributed by atoms with E-state index in [1.54, 1.807) is 118 Å². The molecule has 0 saturated carbocycles. The molecule has 0 bridgehead atoms. The molecule has 68 heavy (non-hydrogen) atoms. The van der Waals surface area contributed by atoms with E-state index in [2.05, 4.69) is 18.2 Å². The van der Waals surface area contributed by atoms with Gasteiger partial charge in [0.1, 0.15) is 11.6 Å². The number of rotatable bonds is 5. The van der Waals surface area contributed by atoms with E-state index < -0.39 is 34.6 Å². The van der Waals surface area contributed by atoms with Gasteiger partial charge in [-0.3, -0.25) is 0 Å². The summed E-state index contributed by atoms with van der Waals surface area (Å²) in [7, 11) is 0. The molecule has 13 heteroatoms. The lowest BCUT2D eigenvalue weighted by atomic mass is 9.91. The highest BCUT2D eigenvalue weighted by Gasteiger charge is 2.41. The van der Waals surface area contributed by atoms with E-state index in [-0.39, 0.29) is 39.2 Å². The molecular formula is C55H25F6N7. The Bertz CT molecular complexity index is 3780. The Morgan fingerprint density at radius 2 is 0.794 bits per heavy atom. The van der Waals surface area contributed by atoms with Crippen LogP contribution in [0.5, 0.6) is 0 Å². The summed E-state index contributed by atoms with van der Waals surface area (Å²) in [4.78, 5) is 0. The van der Waals surface area contributed by atoms with Gasteiger partial charge in [0.2, 0.25) is 0 Å². The average Bonchev–Trinajstić information content (AvgIpc) is 3.86. The molecule has 7 nitrogen and oxygen atoms in total. The molecule has 0 spiro atoms. The second-order valence-corrected chi connectivity index (χ2v) is 15.9. The summed E-state index contributed by atoms with van der Waals surface area (Å²) in [6.45, 7) is 0. The topological polar surface area (TPSA) is 129 Å². The Hall–Kier alpha value is -9.61. The van der Waals surface area contributed by atoms with Gasteiger partial charge < -0.3 is 9.13 Å². The van der Waals surface area contributed by atoms with Gasteiger partial charge in [-0.05, 0) is 101 Å². The number of benzene rings is 8. The maximum absolute atomic E-state index is 15.1. The van der Waals surface area contributed by atoms with Crippen molar-refractivity contribution in [2.45, 2.75) is 12.4 Å². The third-order valence-corrected chi connectivity index (χ3v) is 12.2. The minimum Gasteiger partial charge on any atom is -0.308 e. The maximum atomic E-state index is 15.1. The number of para-hydroxylation sites is 2. The summed E-state index contributed by atoms with van der Waals surface area (Å²) in [5, 5.41) is 53.4. The van der Waals surface area contributed by atoms with Gasteiger partial charge in [0.15, 0.2) is 0 Å². The molecule has 0 aliphatic carbocycles. The summed E-state index contributed by atoms with van der Waals surface area (Å²) in [5.74, 6) is 0. The summed E-state index contributed by atoms with van der Waals surface area (Å²) in [5.41, 5.74) is -0.376. The fraction of sp³-hybridized carbons (Fsp3) is 0.0364. The van der Waals surface area contributed by atoms with E-state index in [1.165, 1.54) is 24.3 Å².